The van der Waals surface area contributed by atoms with Crippen molar-refractivity contribution >= 4 is 15.1 Å². The van der Waals surface area contributed by atoms with E-state index in [0.29, 0.717) is 0 Å². The van der Waals surface area contributed by atoms with E-state index in [2.05, 4.69) is 288 Å². The second kappa shape index (κ2) is 25.2. The lowest BCUT2D eigenvalue weighted by Crippen LogP contribution is -2.38. The van der Waals surface area contributed by atoms with Crippen LogP contribution in [0.25, 0.3) is 66.8 Å². The Kier molecular flexibility index (Phi) is 18.3. The maximum absolute atomic E-state index is 8.35. The highest BCUT2D eigenvalue weighted by atomic mass is 27.3. The molecule has 3 nitrogen and oxygen atoms in total. The monoisotopic (exact) mass is 1100 g/mol. The molecule has 9 aromatic carbocycles. The Hall–Kier alpha value is -7.09. The molecule has 0 heterocycles. The minimum absolute atomic E-state index is 0.238. The summed E-state index contributed by atoms with van der Waals surface area (Å²) in [6.07, 6.45) is 0. The first-order valence-electron chi connectivity index (χ1n) is 30.2. The highest BCUT2D eigenvalue weighted by Gasteiger charge is 2.49. The van der Waals surface area contributed by atoms with Crippen LogP contribution in [-0.2, 0) is 0 Å². The van der Waals surface area contributed by atoms with E-state index in [1.807, 2.05) is 0 Å². The van der Waals surface area contributed by atoms with E-state index >= 15 is 0 Å². The Morgan fingerprint density at radius 1 is 0.232 bits per heavy atom. The van der Waals surface area contributed by atoms with Gasteiger partial charge in [0.05, 0.1) is 0 Å². The molecule has 420 valence electrons. The molecule has 82 heavy (non-hydrogen) atoms. The predicted octanol–water partition coefficient (Wildman–Crippen LogP) is 22.8. The smallest absolute Gasteiger partial charge is 0.576 e. The summed E-state index contributed by atoms with van der Waals surface area (Å²) in [4.78, 5) is 0. The van der Waals surface area contributed by atoms with E-state index in [-0.39, 0.29) is 35.5 Å². The first-order chi connectivity index (χ1) is 39.2. The zero-order valence-corrected chi connectivity index (χ0v) is 53.5. The number of aryl methyl sites for hydroxylation is 6. The maximum atomic E-state index is 8.35. The molecule has 0 fully saturated rings. The van der Waals surface area contributed by atoms with Gasteiger partial charge in [0.2, 0.25) is 0 Å². The molecular weight excluding hydrogens is 1010 g/mol. The second-order valence-electron chi connectivity index (χ2n) is 24.9. The summed E-state index contributed by atoms with van der Waals surface area (Å²) in [5.74, 6) is 3.77. The van der Waals surface area contributed by atoms with E-state index in [0.717, 1.165) is 117 Å². The summed E-state index contributed by atoms with van der Waals surface area (Å²) in [7, 11) is 0. The number of hydrogen-bond acceptors (Lipinski definition) is 3. The summed E-state index contributed by atoms with van der Waals surface area (Å²) in [6, 6.07) is 60.6. The molecule has 0 saturated carbocycles. The SMILES string of the molecule is Cc1cc(C)c(-c2ccccc2C(C)C)c([O][Al]([O]c2c(-c3ccccc3C(C)C)c(C)cc(C)c2-c2ccccc2C(C)C)[O]c2c(-c3ccccc3C(C)C)c(C)cc(C)c2-c2ccccc2C(C)C)c1-c1ccccc1C(C)C. The van der Waals surface area contributed by atoms with Crippen molar-refractivity contribution < 1.29 is 11.4 Å². The Morgan fingerprint density at radius 3 is 0.524 bits per heavy atom. The van der Waals surface area contributed by atoms with E-state index < -0.39 is 15.1 Å². The van der Waals surface area contributed by atoms with Gasteiger partial charge in [-0.05, 0) is 177 Å². The van der Waals surface area contributed by atoms with E-state index in [4.69, 9.17) is 11.4 Å². The average molecular weight is 1100 g/mol. The third-order valence-electron chi connectivity index (χ3n) is 16.8. The third-order valence-corrected chi connectivity index (χ3v) is 18.1. The molecule has 0 saturated heterocycles. The molecule has 0 aliphatic rings. The van der Waals surface area contributed by atoms with Crippen LogP contribution in [0, 0.1) is 41.5 Å². The Bertz CT molecular complexity index is 3160. The number of hydrogen-bond donors (Lipinski definition) is 0. The molecule has 0 aliphatic carbocycles. The van der Waals surface area contributed by atoms with E-state index in [1.165, 1.54) is 33.4 Å². The fraction of sp³-hybridized carbons (Fsp3) is 0.308. The molecule has 0 N–H and O–H groups in total. The minimum Gasteiger partial charge on any atom is -0.576 e. The van der Waals surface area contributed by atoms with Crippen molar-refractivity contribution in [2.75, 3.05) is 0 Å². The van der Waals surface area contributed by atoms with Gasteiger partial charge in [-0.2, -0.15) is 0 Å². The molecule has 0 spiro atoms. The molecule has 4 heteroatoms. The molecular formula is C78H87AlO3. The van der Waals surface area contributed by atoms with Gasteiger partial charge < -0.3 is 11.4 Å². The molecule has 9 aromatic rings. The highest BCUT2D eigenvalue weighted by molar-refractivity contribution is 6.40. The quantitative estimate of drug-likeness (QED) is 0.0802. The third kappa shape index (κ3) is 11.8. The van der Waals surface area contributed by atoms with Crippen molar-refractivity contribution in [3.63, 3.8) is 0 Å². The standard InChI is InChI=1S/3C26H30O.Al/c3*1-16(2)20-11-7-9-13-22(20)24-18(5)15-19(6)25(26(24)27)23-14-10-8-12-21(23)17(3)4;/h3*7-17,27H,1-6H3;/q;;;+3/p-3. The maximum Gasteiger partial charge on any atom is 1.20 e. The van der Waals surface area contributed by atoms with Crippen molar-refractivity contribution in [3.05, 3.63) is 231 Å². The van der Waals surface area contributed by atoms with Crippen LogP contribution in [0.1, 0.15) is 185 Å². The van der Waals surface area contributed by atoms with Gasteiger partial charge in [-0.1, -0.05) is 247 Å². The van der Waals surface area contributed by atoms with Crippen molar-refractivity contribution in [2.24, 2.45) is 0 Å². The van der Waals surface area contributed by atoms with Gasteiger partial charge in [-0.15, -0.1) is 0 Å². The molecule has 0 radical (unpaired) electrons. The Balaban J connectivity index is 1.49. The lowest BCUT2D eigenvalue weighted by atomic mass is 9.84. The Morgan fingerprint density at radius 2 is 0.378 bits per heavy atom. The van der Waals surface area contributed by atoms with Gasteiger partial charge in [0.25, 0.3) is 0 Å². The van der Waals surface area contributed by atoms with Gasteiger partial charge in [-0.3, -0.25) is 0 Å². The molecule has 0 unspecified atom stereocenters. The van der Waals surface area contributed by atoms with Crippen LogP contribution >= 0.6 is 0 Å². The van der Waals surface area contributed by atoms with Crippen LogP contribution in [0.2, 0.25) is 0 Å². The molecule has 9 rings (SSSR count). The van der Waals surface area contributed by atoms with Gasteiger partial charge in [0, 0.05) is 33.4 Å². The van der Waals surface area contributed by atoms with Gasteiger partial charge in [0.1, 0.15) is 17.2 Å². The van der Waals surface area contributed by atoms with Gasteiger partial charge in [-0.25, -0.2) is 0 Å². The predicted molar refractivity (Wildman–Crippen MR) is 353 cm³/mol. The fourth-order valence-corrected chi connectivity index (χ4v) is 14.4. The van der Waals surface area contributed by atoms with Crippen LogP contribution in [0.5, 0.6) is 17.2 Å². The summed E-state index contributed by atoms with van der Waals surface area (Å²) in [5.41, 5.74) is 27.6. The molecule has 0 aromatic heterocycles. The van der Waals surface area contributed by atoms with Crippen LogP contribution in [0.3, 0.4) is 0 Å². The van der Waals surface area contributed by atoms with Crippen molar-refractivity contribution in [1.29, 1.82) is 0 Å². The second-order valence-corrected chi connectivity index (χ2v) is 26.1. The van der Waals surface area contributed by atoms with Crippen LogP contribution in [-0.4, -0.2) is 15.1 Å². The van der Waals surface area contributed by atoms with E-state index in [9.17, 15) is 0 Å². The largest absolute Gasteiger partial charge is 1.20 e. The van der Waals surface area contributed by atoms with Crippen molar-refractivity contribution in [1.82, 2.24) is 0 Å². The number of benzene rings is 9. The lowest BCUT2D eigenvalue weighted by Gasteiger charge is -2.30. The summed E-state index contributed by atoms with van der Waals surface area (Å²) in [6.45, 7) is 41.0. The number of rotatable bonds is 18. The fourth-order valence-electron chi connectivity index (χ4n) is 12.9. The zero-order valence-electron chi connectivity index (χ0n) is 52.4. The Labute approximate surface area is 498 Å². The summed E-state index contributed by atoms with van der Waals surface area (Å²) in [5, 5.41) is 0. The van der Waals surface area contributed by atoms with Crippen LogP contribution in [0.15, 0.2) is 164 Å². The molecule has 0 amide bonds. The van der Waals surface area contributed by atoms with Gasteiger partial charge >= 0.3 is 15.1 Å². The summed E-state index contributed by atoms with van der Waals surface area (Å²) >= 11 is -3.69. The normalized spacial score (nSPS) is 11.7. The van der Waals surface area contributed by atoms with Crippen molar-refractivity contribution in [2.45, 2.75) is 160 Å². The first-order valence-corrected chi connectivity index (χ1v) is 31.6. The molecule has 0 aliphatic heterocycles. The molecule has 0 atom stereocenters. The minimum atomic E-state index is -3.69. The molecule has 0 bridgehead atoms. The lowest BCUT2D eigenvalue weighted by molar-refractivity contribution is 0.310. The zero-order chi connectivity index (χ0) is 58.8. The van der Waals surface area contributed by atoms with E-state index in [1.54, 1.807) is 0 Å². The average Bonchev–Trinajstić information content (AvgIpc) is 1.94. The van der Waals surface area contributed by atoms with Crippen LogP contribution < -0.4 is 11.4 Å². The van der Waals surface area contributed by atoms with Crippen molar-refractivity contribution in [3.8, 4) is 84.0 Å². The van der Waals surface area contributed by atoms with Crippen LogP contribution in [0.4, 0.5) is 0 Å². The van der Waals surface area contributed by atoms with Gasteiger partial charge in [0.15, 0.2) is 0 Å². The summed E-state index contributed by atoms with van der Waals surface area (Å²) < 4.78 is 25.1. The highest BCUT2D eigenvalue weighted by Crippen LogP contribution is 2.53. The topological polar surface area (TPSA) is 27.7 Å². The first kappa shape index (κ1) is 59.5.